The highest BCUT2D eigenvalue weighted by Gasteiger charge is 2.13. The van der Waals surface area contributed by atoms with Crippen molar-refractivity contribution in [3.8, 4) is 11.1 Å². The van der Waals surface area contributed by atoms with Gasteiger partial charge in [0.1, 0.15) is 0 Å². The van der Waals surface area contributed by atoms with Crippen molar-refractivity contribution >= 4 is 17.3 Å². The van der Waals surface area contributed by atoms with Crippen molar-refractivity contribution in [3.05, 3.63) is 102 Å². The van der Waals surface area contributed by atoms with Gasteiger partial charge in [-0.2, -0.15) is 5.10 Å². The summed E-state index contributed by atoms with van der Waals surface area (Å²) in [7, 11) is 0. The third-order valence-electron chi connectivity index (χ3n) is 4.88. The summed E-state index contributed by atoms with van der Waals surface area (Å²) in [6, 6.07) is 25.6. The number of carbonyl (C=O) groups is 1. The van der Waals surface area contributed by atoms with Gasteiger partial charge in [0.05, 0.1) is 6.54 Å². The monoisotopic (exact) mass is 396 g/mol. The zero-order valence-electron chi connectivity index (χ0n) is 16.9. The van der Waals surface area contributed by atoms with Gasteiger partial charge >= 0.3 is 0 Å². The normalized spacial score (nSPS) is 10.6. The van der Waals surface area contributed by atoms with Crippen LogP contribution >= 0.6 is 0 Å². The third kappa shape index (κ3) is 4.75. The number of hydrogen-bond acceptors (Lipinski definition) is 3. The van der Waals surface area contributed by atoms with Gasteiger partial charge in [-0.3, -0.25) is 9.48 Å². The zero-order chi connectivity index (χ0) is 20.8. The number of nitrogens with zero attached hydrogens (tertiary/aromatic N) is 2. The standard InChI is InChI=1S/C25H24N4O/c1-19-8-13-23(20-6-3-2-4-7-20)24(18-19)25(30)28-22-11-9-21(10-12-22)26-15-17-29-16-5-14-27-29/h2-14,16,18,26H,15,17H2,1H3,(H,28,30). The zero-order valence-corrected chi connectivity index (χ0v) is 16.9. The number of amides is 1. The van der Waals surface area contributed by atoms with Gasteiger partial charge in [0.2, 0.25) is 0 Å². The summed E-state index contributed by atoms with van der Waals surface area (Å²) in [5, 5.41) is 10.6. The highest BCUT2D eigenvalue weighted by molar-refractivity contribution is 6.08. The maximum atomic E-state index is 13.0. The molecule has 0 fully saturated rings. The minimum absolute atomic E-state index is 0.114. The number of carbonyl (C=O) groups excluding carboxylic acids is 1. The SMILES string of the molecule is Cc1ccc(-c2ccccc2)c(C(=O)Nc2ccc(NCCn3cccn3)cc2)c1. The lowest BCUT2D eigenvalue weighted by molar-refractivity contribution is 0.102. The Morgan fingerprint density at radius 3 is 2.43 bits per heavy atom. The van der Waals surface area contributed by atoms with Crippen LogP contribution < -0.4 is 10.6 Å². The second-order valence-electron chi connectivity index (χ2n) is 7.14. The first-order valence-electron chi connectivity index (χ1n) is 9.98. The van der Waals surface area contributed by atoms with E-state index in [4.69, 9.17) is 0 Å². The molecule has 0 unspecified atom stereocenters. The Kier molecular flexibility index (Phi) is 5.90. The molecule has 4 rings (SSSR count). The Morgan fingerprint density at radius 2 is 1.70 bits per heavy atom. The molecule has 4 aromatic rings. The molecule has 1 amide bonds. The fraction of sp³-hybridized carbons (Fsp3) is 0.120. The van der Waals surface area contributed by atoms with Gasteiger partial charge in [0.15, 0.2) is 0 Å². The van der Waals surface area contributed by atoms with Crippen molar-refractivity contribution in [1.82, 2.24) is 9.78 Å². The molecule has 0 saturated carbocycles. The molecule has 0 radical (unpaired) electrons. The molecular weight excluding hydrogens is 372 g/mol. The lowest BCUT2D eigenvalue weighted by Crippen LogP contribution is -2.14. The molecule has 1 aromatic heterocycles. The van der Waals surface area contributed by atoms with Gasteiger partial charge < -0.3 is 10.6 Å². The highest BCUT2D eigenvalue weighted by atomic mass is 16.1. The van der Waals surface area contributed by atoms with Crippen LogP contribution in [0.3, 0.4) is 0 Å². The van der Waals surface area contributed by atoms with E-state index in [1.165, 1.54) is 0 Å². The summed E-state index contributed by atoms with van der Waals surface area (Å²) >= 11 is 0. The van der Waals surface area contributed by atoms with Crippen LogP contribution in [-0.2, 0) is 6.54 Å². The Morgan fingerprint density at radius 1 is 0.933 bits per heavy atom. The quantitative estimate of drug-likeness (QED) is 0.450. The van der Waals surface area contributed by atoms with E-state index in [-0.39, 0.29) is 5.91 Å². The molecule has 0 bridgehead atoms. The van der Waals surface area contributed by atoms with Crippen LogP contribution in [0, 0.1) is 6.92 Å². The van der Waals surface area contributed by atoms with E-state index in [1.54, 1.807) is 6.20 Å². The number of benzene rings is 3. The number of aryl methyl sites for hydroxylation is 1. The van der Waals surface area contributed by atoms with E-state index < -0.39 is 0 Å². The fourth-order valence-electron chi connectivity index (χ4n) is 3.33. The average molecular weight is 396 g/mol. The second-order valence-corrected chi connectivity index (χ2v) is 7.14. The number of anilines is 2. The van der Waals surface area contributed by atoms with Crippen LogP contribution in [0.25, 0.3) is 11.1 Å². The van der Waals surface area contributed by atoms with Crippen molar-refractivity contribution in [3.63, 3.8) is 0 Å². The molecule has 2 N–H and O–H groups in total. The van der Waals surface area contributed by atoms with Gasteiger partial charge in [0.25, 0.3) is 5.91 Å². The van der Waals surface area contributed by atoms with Crippen LogP contribution in [-0.4, -0.2) is 22.2 Å². The number of aromatic nitrogens is 2. The number of nitrogens with one attached hydrogen (secondary N) is 2. The molecule has 1 heterocycles. The number of hydrogen-bond donors (Lipinski definition) is 2. The van der Waals surface area contributed by atoms with E-state index in [0.29, 0.717) is 5.56 Å². The first kappa shape index (κ1) is 19.5. The predicted molar refractivity (Wildman–Crippen MR) is 122 cm³/mol. The molecule has 5 heteroatoms. The summed E-state index contributed by atoms with van der Waals surface area (Å²) in [6.07, 6.45) is 3.71. The Balaban J connectivity index is 1.43. The maximum Gasteiger partial charge on any atom is 0.256 e. The van der Waals surface area contributed by atoms with Crippen LogP contribution in [0.4, 0.5) is 11.4 Å². The number of rotatable bonds is 7. The van der Waals surface area contributed by atoms with Crippen LogP contribution in [0.5, 0.6) is 0 Å². The van der Waals surface area contributed by atoms with Gasteiger partial charge in [0, 0.05) is 35.9 Å². The third-order valence-corrected chi connectivity index (χ3v) is 4.88. The second kappa shape index (κ2) is 9.09. The smallest absolute Gasteiger partial charge is 0.256 e. The van der Waals surface area contributed by atoms with E-state index >= 15 is 0 Å². The lowest BCUT2D eigenvalue weighted by Gasteiger charge is -2.12. The van der Waals surface area contributed by atoms with Gasteiger partial charge in [-0.15, -0.1) is 0 Å². The fourth-order valence-corrected chi connectivity index (χ4v) is 3.33. The summed E-state index contributed by atoms with van der Waals surface area (Å²) in [6.45, 7) is 3.56. The first-order chi connectivity index (χ1) is 14.7. The molecule has 0 aliphatic rings. The average Bonchev–Trinajstić information content (AvgIpc) is 3.29. The van der Waals surface area contributed by atoms with E-state index in [1.807, 2.05) is 96.7 Å². The molecule has 0 saturated heterocycles. The summed E-state index contributed by atoms with van der Waals surface area (Å²) in [4.78, 5) is 13.0. The lowest BCUT2D eigenvalue weighted by atomic mass is 9.97. The van der Waals surface area contributed by atoms with Crippen molar-refractivity contribution in [2.45, 2.75) is 13.5 Å². The Labute approximate surface area is 176 Å². The summed E-state index contributed by atoms with van der Waals surface area (Å²) in [5.41, 5.74) is 5.44. The van der Waals surface area contributed by atoms with E-state index in [0.717, 1.165) is 41.2 Å². The summed E-state index contributed by atoms with van der Waals surface area (Å²) in [5.74, 6) is -0.114. The van der Waals surface area contributed by atoms with Crippen molar-refractivity contribution < 1.29 is 4.79 Å². The van der Waals surface area contributed by atoms with Gasteiger partial charge in [-0.25, -0.2) is 0 Å². The molecule has 5 nitrogen and oxygen atoms in total. The Hall–Kier alpha value is -3.86. The van der Waals surface area contributed by atoms with Gasteiger partial charge in [-0.1, -0.05) is 48.0 Å². The van der Waals surface area contributed by atoms with E-state index in [2.05, 4.69) is 15.7 Å². The topological polar surface area (TPSA) is 59.0 Å². The molecule has 0 aliphatic carbocycles. The van der Waals surface area contributed by atoms with Crippen molar-refractivity contribution in [1.29, 1.82) is 0 Å². The van der Waals surface area contributed by atoms with Crippen LogP contribution in [0.1, 0.15) is 15.9 Å². The molecule has 0 aliphatic heterocycles. The molecule has 0 atom stereocenters. The summed E-state index contributed by atoms with van der Waals surface area (Å²) < 4.78 is 1.88. The van der Waals surface area contributed by atoms with Gasteiger partial charge in [-0.05, 0) is 54.4 Å². The van der Waals surface area contributed by atoms with Crippen molar-refractivity contribution in [2.24, 2.45) is 0 Å². The highest BCUT2D eigenvalue weighted by Crippen LogP contribution is 2.26. The van der Waals surface area contributed by atoms with Crippen LogP contribution in [0.15, 0.2) is 91.3 Å². The van der Waals surface area contributed by atoms with Crippen LogP contribution in [0.2, 0.25) is 0 Å². The minimum atomic E-state index is -0.114. The molecular formula is C25H24N4O. The molecule has 150 valence electrons. The van der Waals surface area contributed by atoms with E-state index in [9.17, 15) is 4.79 Å². The predicted octanol–water partition coefficient (Wildman–Crippen LogP) is 5.22. The first-order valence-corrected chi connectivity index (χ1v) is 9.98. The minimum Gasteiger partial charge on any atom is -0.383 e. The molecule has 0 spiro atoms. The molecule has 3 aromatic carbocycles. The largest absolute Gasteiger partial charge is 0.383 e. The maximum absolute atomic E-state index is 13.0. The van der Waals surface area contributed by atoms with Crippen molar-refractivity contribution in [2.75, 3.05) is 17.2 Å². The molecule has 30 heavy (non-hydrogen) atoms. The Bertz CT molecular complexity index is 1100.